The second kappa shape index (κ2) is 4.76. The van der Waals surface area contributed by atoms with Gasteiger partial charge in [0.1, 0.15) is 0 Å². The molecule has 0 aliphatic heterocycles. The average molecular weight is 243 g/mol. The summed E-state index contributed by atoms with van der Waals surface area (Å²) in [6.07, 6.45) is 3.84. The van der Waals surface area contributed by atoms with E-state index in [1.165, 1.54) is 19.3 Å². The van der Waals surface area contributed by atoms with Crippen molar-refractivity contribution in [3.63, 3.8) is 0 Å². The maximum atomic E-state index is 4.00. The first-order valence-corrected chi connectivity index (χ1v) is 6.41. The fraction of sp³-hybridized carbons (Fsp3) is 0.462. The molecule has 1 fully saturated rings. The number of nitrogens with one attached hydrogen (secondary N) is 2. The minimum absolute atomic E-state index is 0.598. The Labute approximate surface area is 106 Å². The molecule has 1 heterocycles. The summed E-state index contributed by atoms with van der Waals surface area (Å²) in [5.41, 5.74) is 2.12. The lowest BCUT2D eigenvalue weighted by atomic mass is 10.1. The van der Waals surface area contributed by atoms with Crippen LogP contribution in [0.2, 0.25) is 0 Å². The van der Waals surface area contributed by atoms with Gasteiger partial charge in [0.25, 0.3) is 0 Å². The second-order valence-corrected chi connectivity index (χ2v) is 5.08. The Morgan fingerprint density at radius 2 is 2.28 bits per heavy atom. The number of hydrogen-bond acceptors (Lipinski definition) is 4. The number of benzene rings is 1. The van der Waals surface area contributed by atoms with Crippen molar-refractivity contribution >= 4 is 5.69 Å². The maximum Gasteiger partial charge on any atom is 0.204 e. The van der Waals surface area contributed by atoms with Crippen LogP contribution in [-0.4, -0.2) is 26.7 Å². The van der Waals surface area contributed by atoms with Gasteiger partial charge in [-0.05, 0) is 42.5 Å². The summed E-state index contributed by atoms with van der Waals surface area (Å²) in [5, 5.41) is 17.6. The molecule has 1 saturated carbocycles. The van der Waals surface area contributed by atoms with Gasteiger partial charge in [-0.1, -0.05) is 19.1 Å². The SMILES string of the molecule is CC1CCC(Nc2cccc(-c3nn[nH]n3)c2)C1. The standard InChI is InChI=1S/C13H17N5/c1-9-5-6-12(7-9)14-11-4-2-3-10(8-11)13-15-17-18-16-13/h2-4,8-9,12,14H,5-7H2,1H3,(H,15,16,17,18). The number of H-pyrrole nitrogens is 1. The molecular weight excluding hydrogens is 226 g/mol. The van der Waals surface area contributed by atoms with Crippen molar-refractivity contribution in [2.24, 2.45) is 5.92 Å². The van der Waals surface area contributed by atoms with E-state index in [4.69, 9.17) is 0 Å². The Morgan fingerprint density at radius 3 is 3.00 bits per heavy atom. The molecule has 1 aliphatic carbocycles. The summed E-state index contributed by atoms with van der Waals surface area (Å²) < 4.78 is 0. The molecule has 0 spiro atoms. The van der Waals surface area contributed by atoms with Gasteiger partial charge in [0.05, 0.1) is 0 Å². The van der Waals surface area contributed by atoms with Crippen molar-refractivity contribution in [1.29, 1.82) is 0 Å². The van der Waals surface area contributed by atoms with E-state index < -0.39 is 0 Å². The van der Waals surface area contributed by atoms with Crippen LogP contribution in [0.5, 0.6) is 0 Å². The lowest BCUT2D eigenvalue weighted by Gasteiger charge is -2.14. The normalized spacial score (nSPS) is 23.2. The van der Waals surface area contributed by atoms with Crippen molar-refractivity contribution in [2.45, 2.75) is 32.2 Å². The van der Waals surface area contributed by atoms with Crippen LogP contribution in [-0.2, 0) is 0 Å². The quantitative estimate of drug-likeness (QED) is 0.869. The summed E-state index contributed by atoms with van der Waals surface area (Å²) in [5.74, 6) is 1.47. The molecule has 2 N–H and O–H groups in total. The predicted molar refractivity (Wildman–Crippen MR) is 70.0 cm³/mol. The topological polar surface area (TPSA) is 66.5 Å². The highest BCUT2D eigenvalue weighted by molar-refractivity contribution is 5.61. The van der Waals surface area contributed by atoms with E-state index in [-0.39, 0.29) is 0 Å². The summed E-state index contributed by atoms with van der Waals surface area (Å²) in [4.78, 5) is 0. The first kappa shape index (κ1) is 11.2. The largest absolute Gasteiger partial charge is 0.382 e. The fourth-order valence-electron chi connectivity index (χ4n) is 2.61. The third-order valence-electron chi connectivity index (χ3n) is 3.53. The number of hydrogen-bond donors (Lipinski definition) is 2. The molecule has 18 heavy (non-hydrogen) atoms. The number of anilines is 1. The van der Waals surface area contributed by atoms with Gasteiger partial charge < -0.3 is 5.32 Å². The van der Waals surface area contributed by atoms with Crippen LogP contribution in [0, 0.1) is 5.92 Å². The molecule has 1 aromatic carbocycles. The lowest BCUT2D eigenvalue weighted by molar-refractivity contribution is 0.602. The molecule has 1 aliphatic rings. The highest BCUT2D eigenvalue weighted by Crippen LogP contribution is 2.28. The molecule has 94 valence electrons. The number of rotatable bonds is 3. The van der Waals surface area contributed by atoms with Gasteiger partial charge in [0.15, 0.2) is 0 Å². The van der Waals surface area contributed by atoms with Gasteiger partial charge in [-0.3, -0.25) is 0 Å². The summed E-state index contributed by atoms with van der Waals surface area (Å²) in [7, 11) is 0. The zero-order chi connectivity index (χ0) is 12.4. The van der Waals surface area contributed by atoms with Crippen molar-refractivity contribution in [2.75, 3.05) is 5.32 Å². The van der Waals surface area contributed by atoms with Crippen molar-refractivity contribution in [1.82, 2.24) is 20.6 Å². The summed E-state index contributed by atoms with van der Waals surface area (Å²) in [6, 6.07) is 8.78. The zero-order valence-electron chi connectivity index (χ0n) is 10.4. The van der Waals surface area contributed by atoms with Crippen molar-refractivity contribution in [3.05, 3.63) is 24.3 Å². The summed E-state index contributed by atoms with van der Waals surface area (Å²) >= 11 is 0. The zero-order valence-corrected chi connectivity index (χ0v) is 10.4. The average Bonchev–Trinajstić information content (AvgIpc) is 3.01. The minimum atomic E-state index is 0.598. The van der Waals surface area contributed by atoms with Gasteiger partial charge in [-0.15, -0.1) is 10.2 Å². The molecule has 0 amide bonds. The molecule has 2 unspecified atom stereocenters. The highest BCUT2D eigenvalue weighted by Gasteiger charge is 2.20. The van der Waals surface area contributed by atoms with E-state index in [1.54, 1.807) is 0 Å². The third-order valence-corrected chi connectivity index (χ3v) is 3.53. The van der Waals surface area contributed by atoms with E-state index in [2.05, 4.69) is 45.0 Å². The number of aromatic nitrogens is 4. The van der Waals surface area contributed by atoms with Gasteiger partial charge in [-0.25, -0.2) is 0 Å². The predicted octanol–water partition coefficient (Wildman–Crippen LogP) is 2.47. The van der Waals surface area contributed by atoms with Gasteiger partial charge in [0, 0.05) is 17.3 Å². The Balaban J connectivity index is 1.75. The van der Waals surface area contributed by atoms with Crippen molar-refractivity contribution < 1.29 is 0 Å². The highest BCUT2D eigenvalue weighted by atomic mass is 15.5. The van der Waals surface area contributed by atoms with E-state index in [1.807, 2.05) is 12.1 Å². The molecule has 0 radical (unpaired) electrons. The number of aromatic amines is 1. The first-order valence-electron chi connectivity index (χ1n) is 6.41. The molecule has 2 atom stereocenters. The molecule has 3 rings (SSSR count). The molecule has 5 nitrogen and oxygen atoms in total. The fourth-order valence-corrected chi connectivity index (χ4v) is 2.61. The minimum Gasteiger partial charge on any atom is -0.382 e. The number of nitrogens with zero attached hydrogens (tertiary/aromatic N) is 3. The van der Waals surface area contributed by atoms with E-state index in [0.29, 0.717) is 11.9 Å². The Kier molecular flexibility index (Phi) is 2.96. The van der Waals surface area contributed by atoms with Gasteiger partial charge in [0.2, 0.25) is 5.82 Å². The third kappa shape index (κ3) is 2.34. The number of tetrazole rings is 1. The molecule has 2 aromatic rings. The molecular formula is C13H17N5. The Hall–Kier alpha value is -1.91. The molecule has 0 saturated heterocycles. The van der Waals surface area contributed by atoms with Crippen molar-refractivity contribution in [3.8, 4) is 11.4 Å². The maximum absolute atomic E-state index is 4.00. The smallest absolute Gasteiger partial charge is 0.204 e. The van der Waals surface area contributed by atoms with E-state index in [0.717, 1.165) is 17.2 Å². The van der Waals surface area contributed by atoms with Crippen LogP contribution in [0.3, 0.4) is 0 Å². The van der Waals surface area contributed by atoms with Crippen LogP contribution in [0.25, 0.3) is 11.4 Å². The van der Waals surface area contributed by atoms with Crippen LogP contribution in [0.1, 0.15) is 26.2 Å². The van der Waals surface area contributed by atoms with Crippen LogP contribution in [0.4, 0.5) is 5.69 Å². The molecule has 1 aromatic heterocycles. The second-order valence-electron chi connectivity index (χ2n) is 5.08. The van der Waals surface area contributed by atoms with Crippen LogP contribution < -0.4 is 5.32 Å². The van der Waals surface area contributed by atoms with Crippen LogP contribution >= 0.6 is 0 Å². The summed E-state index contributed by atoms with van der Waals surface area (Å²) in [6.45, 7) is 2.32. The monoisotopic (exact) mass is 243 g/mol. The Bertz CT molecular complexity index is 508. The van der Waals surface area contributed by atoms with E-state index >= 15 is 0 Å². The van der Waals surface area contributed by atoms with E-state index in [9.17, 15) is 0 Å². The van der Waals surface area contributed by atoms with Gasteiger partial charge >= 0.3 is 0 Å². The lowest BCUT2D eigenvalue weighted by Crippen LogP contribution is -2.15. The molecule has 0 bridgehead atoms. The first-order chi connectivity index (χ1) is 8.81. The molecule has 5 heteroatoms. The Morgan fingerprint density at radius 1 is 1.33 bits per heavy atom. The van der Waals surface area contributed by atoms with Crippen LogP contribution in [0.15, 0.2) is 24.3 Å². The van der Waals surface area contributed by atoms with Gasteiger partial charge in [-0.2, -0.15) is 5.21 Å².